The minimum Gasteiger partial charge on any atom is -0.399 e. The Labute approximate surface area is 123 Å². The van der Waals surface area contributed by atoms with E-state index in [0.29, 0.717) is 43.6 Å². The van der Waals surface area contributed by atoms with Gasteiger partial charge in [-0.1, -0.05) is 0 Å². The predicted octanol–water partition coefficient (Wildman–Crippen LogP) is 1.53. The van der Waals surface area contributed by atoms with E-state index in [1.807, 2.05) is 0 Å². The first-order valence-electron chi connectivity index (χ1n) is 7.05. The van der Waals surface area contributed by atoms with E-state index in [9.17, 15) is 14.4 Å². The minimum atomic E-state index is -0.142. The molecule has 1 fully saturated rings. The molecule has 1 aliphatic heterocycles. The zero-order valence-corrected chi connectivity index (χ0v) is 11.8. The number of hydrogen-bond acceptors (Lipinski definition) is 4. The molecule has 6 nitrogen and oxygen atoms in total. The third-order valence-corrected chi connectivity index (χ3v) is 3.36. The summed E-state index contributed by atoms with van der Waals surface area (Å²) in [5, 5.41) is 2.75. The molecule has 0 atom stereocenters. The number of rotatable bonds is 5. The Kier molecular flexibility index (Phi) is 4.92. The van der Waals surface area contributed by atoms with Gasteiger partial charge in [0.1, 0.15) is 0 Å². The molecule has 0 bridgehead atoms. The highest BCUT2D eigenvalue weighted by molar-refractivity contribution is 5.97. The number of likely N-dealkylation sites (tertiary alicyclic amines) is 1. The normalized spacial score (nSPS) is 15.1. The van der Waals surface area contributed by atoms with Gasteiger partial charge in [0.2, 0.25) is 17.7 Å². The maximum atomic E-state index is 11.8. The Morgan fingerprint density at radius 1 is 1.14 bits per heavy atom. The van der Waals surface area contributed by atoms with Gasteiger partial charge in [-0.3, -0.25) is 19.3 Å². The van der Waals surface area contributed by atoms with Crippen LogP contribution < -0.4 is 11.1 Å². The van der Waals surface area contributed by atoms with Crippen LogP contribution in [0.5, 0.6) is 0 Å². The van der Waals surface area contributed by atoms with Crippen LogP contribution in [-0.4, -0.2) is 29.2 Å². The second kappa shape index (κ2) is 6.88. The highest BCUT2D eigenvalue weighted by atomic mass is 16.2. The number of nitrogens with one attached hydrogen (secondary N) is 1. The summed E-state index contributed by atoms with van der Waals surface area (Å²) in [6.45, 7) is 0.312. The average Bonchev–Trinajstić information content (AvgIpc) is 2.45. The largest absolute Gasteiger partial charge is 0.399 e. The lowest BCUT2D eigenvalue weighted by Crippen LogP contribution is -2.40. The molecule has 1 heterocycles. The summed E-state index contributed by atoms with van der Waals surface area (Å²) in [7, 11) is 0. The monoisotopic (exact) mass is 289 g/mol. The van der Waals surface area contributed by atoms with E-state index >= 15 is 0 Å². The molecule has 1 aromatic rings. The fraction of sp³-hybridized carbons (Fsp3) is 0.400. The van der Waals surface area contributed by atoms with Crippen molar-refractivity contribution in [2.24, 2.45) is 0 Å². The van der Waals surface area contributed by atoms with E-state index in [0.717, 1.165) is 0 Å². The highest BCUT2D eigenvalue weighted by Crippen LogP contribution is 2.14. The SMILES string of the molecule is Nc1ccc(NC(=O)CCCN2C(=O)CCCC2=O)cc1. The maximum Gasteiger partial charge on any atom is 0.229 e. The molecule has 0 aliphatic carbocycles. The smallest absolute Gasteiger partial charge is 0.229 e. The number of imide groups is 1. The molecule has 0 spiro atoms. The third-order valence-electron chi connectivity index (χ3n) is 3.36. The second-order valence-electron chi connectivity index (χ2n) is 5.07. The van der Waals surface area contributed by atoms with Crippen molar-refractivity contribution in [1.29, 1.82) is 0 Å². The summed E-state index contributed by atoms with van der Waals surface area (Å²) < 4.78 is 0. The van der Waals surface area contributed by atoms with Crippen LogP contribution in [-0.2, 0) is 14.4 Å². The number of carbonyl (C=O) groups is 3. The summed E-state index contributed by atoms with van der Waals surface area (Å²) >= 11 is 0. The Morgan fingerprint density at radius 3 is 2.38 bits per heavy atom. The van der Waals surface area contributed by atoms with E-state index < -0.39 is 0 Å². The number of anilines is 2. The van der Waals surface area contributed by atoms with Gasteiger partial charge < -0.3 is 11.1 Å². The summed E-state index contributed by atoms with van der Waals surface area (Å²) in [4.78, 5) is 36.2. The Balaban J connectivity index is 1.75. The van der Waals surface area contributed by atoms with E-state index in [1.54, 1.807) is 24.3 Å². The lowest BCUT2D eigenvalue weighted by molar-refractivity contribution is -0.148. The highest BCUT2D eigenvalue weighted by Gasteiger charge is 2.25. The van der Waals surface area contributed by atoms with Gasteiger partial charge in [0.15, 0.2) is 0 Å². The standard InChI is InChI=1S/C15H19N3O3/c16-11-6-8-12(9-7-11)17-13(19)3-2-10-18-14(20)4-1-5-15(18)21/h6-9H,1-5,10,16H2,(H,17,19). The van der Waals surface area contributed by atoms with Gasteiger partial charge in [0, 0.05) is 37.2 Å². The molecular formula is C15H19N3O3. The van der Waals surface area contributed by atoms with Crippen LogP contribution >= 0.6 is 0 Å². The van der Waals surface area contributed by atoms with Crippen LogP contribution in [0.1, 0.15) is 32.1 Å². The molecule has 1 aromatic carbocycles. The van der Waals surface area contributed by atoms with Gasteiger partial charge in [-0.15, -0.1) is 0 Å². The number of hydrogen-bond donors (Lipinski definition) is 2. The molecule has 0 aromatic heterocycles. The number of nitrogens with zero attached hydrogens (tertiary/aromatic N) is 1. The van der Waals surface area contributed by atoms with Gasteiger partial charge in [0.25, 0.3) is 0 Å². The van der Waals surface area contributed by atoms with Crippen molar-refractivity contribution in [3.63, 3.8) is 0 Å². The Hall–Kier alpha value is -2.37. The Morgan fingerprint density at radius 2 is 1.76 bits per heavy atom. The maximum absolute atomic E-state index is 11.8. The summed E-state index contributed by atoms with van der Waals surface area (Å²) in [6, 6.07) is 6.87. The first-order chi connectivity index (χ1) is 10.1. The molecule has 1 saturated heterocycles. The third kappa shape index (κ3) is 4.30. The summed E-state index contributed by atoms with van der Waals surface area (Å²) in [5.41, 5.74) is 6.88. The van der Waals surface area contributed by atoms with Crippen LogP contribution in [0.15, 0.2) is 24.3 Å². The Bertz CT molecular complexity index is 524. The zero-order chi connectivity index (χ0) is 15.2. The summed E-state index contributed by atoms with van der Waals surface area (Å²) in [6.07, 6.45) is 2.21. The molecule has 3 N–H and O–H groups in total. The molecule has 3 amide bonds. The first kappa shape index (κ1) is 15.0. The summed E-state index contributed by atoms with van der Waals surface area (Å²) in [5.74, 6) is -0.410. The predicted molar refractivity (Wildman–Crippen MR) is 79.3 cm³/mol. The lowest BCUT2D eigenvalue weighted by atomic mass is 10.1. The number of nitrogen functional groups attached to an aromatic ring is 1. The van der Waals surface area contributed by atoms with Gasteiger partial charge in [0.05, 0.1) is 0 Å². The number of amides is 3. The van der Waals surface area contributed by atoms with Crippen molar-refractivity contribution in [2.75, 3.05) is 17.6 Å². The van der Waals surface area contributed by atoms with Crippen LogP contribution in [0.3, 0.4) is 0 Å². The molecule has 1 aliphatic rings. The fourth-order valence-electron chi connectivity index (χ4n) is 2.24. The average molecular weight is 289 g/mol. The minimum absolute atomic E-state index is 0.134. The van der Waals surface area contributed by atoms with E-state index in [-0.39, 0.29) is 24.1 Å². The molecule has 0 saturated carbocycles. The zero-order valence-electron chi connectivity index (χ0n) is 11.8. The number of carbonyl (C=O) groups excluding carboxylic acids is 3. The van der Waals surface area contributed by atoms with Crippen molar-refractivity contribution in [3.8, 4) is 0 Å². The van der Waals surface area contributed by atoms with E-state index in [1.165, 1.54) is 4.90 Å². The molecular weight excluding hydrogens is 270 g/mol. The molecule has 0 unspecified atom stereocenters. The van der Waals surface area contributed by atoms with Crippen LogP contribution in [0.2, 0.25) is 0 Å². The van der Waals surface area contributed by atoms with Gasteiger partial charge in [-0.2, -0.15) is 0 Å². The van der Waals surface area contributed by atoms with E-state index in [2.05, 4.69) is 5.32 Å². The van der Waals surface area contributed by atoms with Gasteiger partial charge >= 0.3 is 0 Å². The van der Waals surface area contributed by atoms with E-state index in [4.69, 9.17) is 5.73 Å². The number of nitrogens with two attached hydrogens (primary N) is 1. The molecule has 112 valence electrons. The molecule has 0 radical (unpaired) electrons. The van der Waals surface area contributed by atoms with Crippen molar-refractivity contribution in [2.45, 2.75) is 32.1 Å². The van der Waals surface area contributed by atoms with Crippen LogP contribution in [0.4, 0.5) is 11.4 Å². The second-order valence-corrected chi connectivity index (χ2v) is 5.07. The number of piperidine rings is 1. The van der Waals surface area contributed by atoms with Gasteiger partial charge in [-0.25, -0.2) is 0 Å². The van der Waals surface area contributed by atoms with Crippen LogP contribution in [0, 0.1) is 0 Å². The molecule has 21 heavy (non-hydrogen) atoms. The van der Waals surface area contributed by atoms with Gasteiger partial charge in [-0.05, 0) is 37.1 Å². The fourth-order valence-corrected chi connectivity index (χ4v) is 2.24. The van der Waals surface area contributed by atoms with Crippen LogP contribution in [0.25, 0.3) is 0 Å². The first-order valence-corrected chi connectivity index (χ1v) is 7.05. The van der Waals surface area contributed by atoms with Crippen molar-refractivity contribution in [1.82, 2.24) is 4.90 Å². The lowest BCUT2D eigenvalue weighted by Gasteiger charge is -2.24. The van der Waals surface area contributed by atoms with Crippen molar-refractivity contribution in [3.05, 3.63) is 24.3 Å². The molecule has 6 heteroatoms. The van der Waals surface area contributed by atoms with Crippen molar-refractivity contribution >= 4 is 29.1 Å². The topological polar surface area (TPSA) is 92.5 Å². The number of benzene rings is 1. The quantitative estimate of drug-likeness (QED) is 0.635. The molecule has 2 rings (SSSR count). The van der Waals surface area contributed by atoms with Crippen molar-refractivity contribution < 1.29 is 14.4 Å².